The van der Waals surface area contributed by atoms with Gasteiger partial charge in [0.2, 0.25) is 14.8 Å². The predicted octanol–water partition coefficient (Wildman–Crippen LogP) is 23.8. The highest BCUT2D eigenvalue weighted by Crippen LogP contribution is 2.62. The fourth-order valence-electron chi connectivity index (χ4n) is 22.6. The van der Waals surface area contributed by atoms with Crippen molar-refractivity contribution in [3.8, 4) is 0 Å². The molecule has 0 aromatic heterocycles. The summed E-state index contributed by atoms with van der Waals surface area (Å²) in [5.74, 6) is 2.78. The number of sulfone groups is 4. The fraction of sp³-hybridized carbons (Fsp3) is 0.635. The molecular formula is C104H151F3O12S4. The molecule has 12 rings (SSSR count). The smallest absolute Gasteiger partial charge is 0.363 e. The van der Waals surface area contributed by atoms with Gasteiger partial charge in [-0.25, -0.2) is 38.1 Å². The van der Waals surface area contributed by atoms with E-state index in [1.807, 2.05) is 26.0 Å². The van der Waals surface area contributed by atoms with Gasteiger partial charge >= 0.3 is 5.25 Å². The monoisotopic (exact) mass is 1780 g/mol. The Morgan fingerprint density at radius 1 is 0.398 bits per heavy atom. The lowest BCUT2D eigenvalue weighted by atomic mass is 9.61. The zero-order valence-electron chi connectivity index (χ0n) is 77.2. The van der Waals surface area contributed by atoms with Crippen molar-refractivity contribution in [2.45, 2.75) is 314 Å². The predicted molar refractivity (Wildman–Crippen MR) is 504 cm³/mol. The first-order valence-corrected chi connectivity index (χ1v) is 53.5. The van der Waals surface area contributed by atoms with Gasteiger partial charge < -0.3 is 20.4 Å². The summed E-state index contributed by atoms with van der Waals surface area (Å²) < 4.78 is 135. The number of aliphatic hydroxyl groups is 4. The maximum Gasteiger partial charge on any atom is 0.363 e. The Hall–Kier alpha value is -5.51. The van der Waals surface area contributed by atoms with Crippen LogP contribution in [0.2, 0.25) is 0 Å². The first-order valence-electron chi connectivity index (χ1n) is 45.8. The van der Waals surface area contributed by atoms with E-state index in [1.165, 1.54) is 120 Å². The standard InChI is InChI=1S/C27H40O3S.C26H37FO3S.C26H40O3S.C25H34F2O3S/c1-19-9-12-23(28)18-22(19)11-10-21-8-7-16-27(5)24(13-14-25(21)27)20(2)15-17-26(3,4)31(6,29)30;1-18-8-11-22(28)17-21(18)10-9-20-7-6-15-25(3)23(12-13-24(20)25)19(2)14-16-26(4,27)31(5,29)30;1-18-9-13-23(27)17-22(18)12-11-21-7-6-16-26(4)24(14-15-25(21)26)19(2)8-10-20(3)30(5,28)29;1-17-7-10-21(28)16-20(17)9-8-19-6-5-14-24(3)22(11-12-23(19)24)18(2)13-15-25(26,27)31(4,29)30/h10-11,13,15,17,20,23,25,28H,1,7-9,12,14,16,18H2,2-6H3;9-10,12,14,16,19,22,24,28H,1,6-8,11,13,15,17H2,2-5H3;8,10-12,19-20,23-25,27H,1,6-7,9,13-17H2,2-5H3;8-9,11,13,15,18,21,23,28H,1,5-7,10,12,14,16H2,2-4H3/b17-15+,21-10+,22-11-;16-14+,20-9+,21-10-;10-8+,21-11+,22-12-;15-13+,19-8+,20-9-/t20?,23?,25-,27+;19?,22?,24-,25?,26?;19?,20?,23?,24?,25-,26+;18?,21?,23-,24+/m0000/s1. The molecule has 0 aromatic carbocycles. The lowest BCUT2D eigenvalue weighted by Gasteiger charge is -2.44. The fourth-order valence-corrected chi connectivity index (χ4v) is 24.0. The molecule has 4 N–H and O–H groups in total. The Labute approximate surface area is 740 Å². The van der Waals surface area contributed by atoms with Gasteiger partial charge in [0, 0.05) is 25.0 Å². The highest BCUT2D eigenvalue weighted by molar-refractivity contribution is 7.92. The van der Waals surface area contributed by atoms with Gasteiger partial charge in [-0.3, -0.25) is 0 Å². The Bertz CT molecular complexity index is 4550. The van der Waals surface area contributed by atoms with Crippen LogP contribution in [0.1, 0.15) is 269 Å². The summed E-state index contributed by atoms with van der Waals surface area (Å²) in [5.41, 5.74) is 19.3. The molecule has 12 aliphatic rings. The number of hydrogen-bond acceptors (Lipinski definition) is 12. The average Bonchev–Trinajstić information content (AvgIpc) is 1.63. The van der Waals surface area contributed by atoms with E-state index in [0.29, 0.717) is 67.1 Å². The van der Waals surface area contributed by atoms with Crippen molar-refractivity contribution in [1.29, 1.82) is 0 Å². The van der Waals surface area contributed by atoms with E-state index in [9.17, 15) is 67.3 Å². The highest BCUT2D eigenvalue weighted by Gasteiger charge is 2.52. The van der Waals surface area contributed by atoms with E-state index in [1.54, 1.807) is 32.4 Å². The van der Waals surface area contributed by atoms with E-state index >= 15 is 0 Å². The van der Waals surface area contributed by atoms with Gasteiger partial charge in [0.15, 0.2) is 29.5 Å². The van der Waals surface area contributed by atoms with Crippen LogP contribution in [0.3, 0.4) is 0 Å². The van der Waals surface area contributed by atoms with Crippen LogP contribution in [-0.2, 0) is 39.3 Å². The summed E-state index contributed by atoms with van der Waals surface area (Å²) in [6, 6.07) is 0. The molecule has 684 valence electrons. The molecule has 12 nitrogen and oxygen atoms in total. The van der Waals surface area contributed by atoms with Gasteiger partial charge in [-0.2, -0.15) is 8.78 Å². The van der Waals surface area contributed by atoms with E-state index in [0.717, 1.165) is 163 Å². The topological polar surface area (TPSA) is 217 Å². The maximum atomic E-state index is 14.5. The third kappa shape index (κ3) is 24.3. The molecule has 123 heavy (non-hydrogen) atoms. The van der Waals surface area contributed by atoms with Crippen molar-refractivity contribution < 1.29 is 67.3 Å². The van der Waals surface area contributed by atoms with E-state index in [-0.39, 0.29) is 63.8 Å². The van der Waals surface area contributed by atoms with Crippen LogP contribution in [0, 0.1) is 74.9 Å². The summed E-state index contributed by atoms with van der Waals surface area (Å²) in [4.78, 5) is 0. The lowest BCUT2D eigenvalue weighted by Crippen LogP contribution is -2.35. The zero-order valence-corrected chi connectivity index (χ0v) is 80.5. The van der Waals surface area contributed by atoms with Crippen LogP contribution >= 0.6 is 0 Å². The molecule has 0 amide bonds. The Morgan fingerprint density at radius 3 is 1.03 bits per heavy atom. The molecule has 0 bridgehead atoms. The largest absolute Gasteiger partial charge is 0.393 e. The van der Waals surface area contributed by atoms with Gasteiger partial charge in [0.1, 0.15) is 0 Å². The highest BCUT2D eigenvalue weighted by atomic mass is 32.2. The number of aliphatic hydroxyl groups excluding tert-OH is 4. The van der Waals surface area contributed by atoms with Crippen molar-refractivity contribution in [2.24, 2.45) is 74.9 Å². The second-order valence-electron chi connectivity index (χ2n) is 40.7. The molecule has 9 saturated carbocycles. The number of alkyl halides is 3. The normalized spacial score (nSPS) is 35.1. The SMILES string of the molecule is C=C1CCC(O)C/C1=C/C=C1\CCCC2(C)C(C(C)/C=C/C(C)(F)S(C)(=O)=O)=CC[C@@H]12.C=C1CCC(O)C/C1=C/C=C1\CCC[C@]2(C)C(C(C)/C=C/C(C)(C)S(C)(=O)=O)=CC[C@@H]12.C=C1CCC(O)C/C1=C/C=C1\CCC[C@]2(C)C(C(C)/C=C/C(C)S(C)(=O)=O)CC[C@@H]12.C=C1CCC(O)C/C1=C/C=C1\CCC[C@]2(C)C(C(C)/C=C/C(F)(F)S(C)(=O)=O)=CC[C@@H]12. The molecule has 12 unspecified atom stereocenters. The second-order valence-corrected chi connectivity index (χ2v) is 50.1. The van der Waals surface area contributed by atoms with Gasteiger partial charge in [0.25, 0.3) is 0 Å². The van der Waals surface area contributed by atoms with E-state index in [2.05, 4.69) is 147 Å². The molecule has 0 spiro atoms. The van der Waals surface area contributed by atoms with Crippen LogP contribution in [-0.4, -0.2) is 124 Å². The van der Waals surface area contributed by atoms with Crippen LogP contribution in [0.4, 0.5) is 13.2 Å². The van der Waals surface area contributed by atoms with Crippen LogP contribution in [0.15, 0.2) is 225 Å². The first-order chi connectivity index (χ1) is 57.1. The molecule has 0 radical (unpaired) electrons. The quantitative estimate of drug-likeness (QED) is 0.0837. The molecular weight excluding hydrogens is 1630 g/mol. The Kier molecular flexibility index (Phi) is 33.5. The molecule has 0 aliphatic heterocycles. The van der Waals surface area contributed by atoms with Gasteiger partial charge in [-0.05, 0) is 323 Å². The summed E-state index contributed by atoms with van der Waals surface area (Å²) in [5, 5.41) is 33.4. The van der Waals surface area contributed by atoms with Crippen LogP contribution in [0.25, 0.3) is 0 Å². The molecule has 0 heterocycles. The van der Waals surface area contributed by atoms with Crippen molar-refractivity contribution in [3.63, 3.8) is 0 Å². The molecule has 0 saturated heterocycles. The third-order valence-electron chi connectivity index (χ3n) is 31.3. The minimum Gasteiger partial charge on any atom is -0.393 e. The minimum atomic E-state index is -4.48. The minimum absolute atomic E-state index is 0.00718. The Morgan fingerprint density at radius 2 is 0.715 bits per heavy atom. The van der Waals surface area contributed by atoms with Crippen LogP contribution < -0.4 is 0 Å². The van der Waals surface area contributed by atoms with Crippen LogP contribution in [0.5, 0.6) is 0 Å². The van der Waals surface area contributed by atoms with Crippen molar-refractivity contribution in [3.05, 3.63) is 225 Å². The molecule has 12 aliphatic carbocycles. The summed E-state index contributed by atoms with van der Waals surface area (Å²) in [6.45, 7) is 40.8. The summed E-state index contributed by atoms with van der Waals surface area (Å²) in [6.07, 6.45) is 68.7. The lowest BCUT2D eigenvalue weighted by molar-refractivity contribution is 0.112. The van der Waals surface area contributed by atoms with E-state index < -0.39 is 59.6 Å². The van der Waals surface area contributed by atoms with Gasteiger partial charge in [-0.15, -0.1) is 0 Å². The molecule has 0 aromatic rings. The Balaban J connectivity index is 0.000000186. The molecule has 19 heteroatoms. The zero-order chi connectivity index (χ0) is 91.2. The van der Waals surface area contributed by atoms with Crippen molar-refractivity contribution in [1.82, 2.24) is 0 Å². The summed E-state index contributed by atoms with van der Waals surface area (Å²) in [7, 11) is -14.5. The van der Waals surface area contributed by atoms with Gasteiger partial charge in [0.05, 0.1) is 34.4 Å². The number of allylic oxidation sites excluding steroid dienone is 26. The maximum absolute atomic E-state index is 14.5. The van der Waals surface area contributed by atoms with Crippen molar-refractivity contribution >= 4 is 39.3 Å². The average molecular weight is 1780 g/mol. The number of hydrogen-bond donors (Lipinski definition) is 4. The first kappa shape index (κ1) is 101. The number of fused-ring (bicyclic) bond motifs is 4. The van der Waals surface area contributed by atoms with E-state index in [4.69, 9.17) is 0 Å². The molecule has 19 atom stereocenters. The number of halogens is 3. The summed E-state index contributed by atoms with van der Waals surface area (Å²) >= 11 is 0. The third-order valence-corrected chi connectivity index (χ3v) is 37.6. The van der Waals surface area contributed by atoms with Gasteiger partial charge in [-0.1, -0.05) is 246 Å². The van der Waals surface area contributed by atoms with Crippen molar-refractivity contribution in [2.75, 3.05) is 25.0 Å². The molecule has 9 fully saturated rings. The number of rotatable bonds is 20. The second kappa shape index (κ2) is 40.7.